The minimum Gasteiger partial charge on any atom is -0.588 e. The predicted octanol–water partition coefficient (Wildman–Crippen LogP) is 1.84. The van der Waals surface area contributed by atoms with Crippen LogP contribution in [0.4, 0.5) is 0 Å². The smallest absolute Gasteiger partial charge is 0.180 e. The third kappa shape index (κ3) is 2.28. The van der Waals surface area contributed by atoms with Crippen molar-refractivity contribution in [1.82, 2.24) is 4.31 Å². The Kier molecular flexibility index (Phi) is 3.65. The molecule has 0 fully saturated rings. The molecule has 2 aliphatic rings. The maximum absolute atomic E-state index is 12.9. The first-order chi connectivity index (χ1) is 9.68. The molecule has 5 heteroatoms. The predicted molar refractivity (Wildman–Crippen MR) is 81.3 cm³/mol. The Morgan fingerprint density at radius 3 is 2.80 bits per heavy atom. The molecule has 0 saturated carbocycles. The van der Waals surface area contributed by atoms with Gasteiger partial charge in [0.2, 0.25) is 0 Å². The maximum atomic E-state index is 12.9. The highest BCUT2D eigenvalue weighted by Gasteiger charge is 2.42. The summed E-state index contributed by atoms with van der Waals surface area (Å²) in [5, 5.41) is 0. The first-order valence-electron chi connectivity index (χ1n) is 6.62. The van der Waals surface area contributed by atoms with Gasteiger partial charge in [-0.2, -0.15) is 4.31 Å². The monoisotopic (exact) mass is 287 g/mol. The summed E-state index contributed by atoms with van der Waals surface area (Å²) in [4.78, 5) is 4.95. The molecular formula is C15H17N3OS. The van der Waals surface area contributed by atoms with Gasteiger partial charge in [0.25, 0.3) is 0 Å². The van der Waals surface area contributed by atoms with Crippen molar-refractivity contribution in [2.24, 2.45) is 16.6 Å². The highest BCUT2D eigenvalue weighted by molar-refractivity contribution is 7.89. The lowest BCUT2D eigenvalue weighted by Crippen LogP contribution is -2.42. The molecule has 3 unspecified atom stereocenters. The van der Waals surface area contributed by atoms with E-state index in [1.165, 1.54) is 0 Å². The van der Waals surface area contributed by atoms with Crippen molar-refractivity contribution in [1.29, 1.82) is 0 Å². The van der Waals surface area contributed by atoms with E-state index in [0.29, 0.717) is 0 Å². The third-order valence-corrected chi connectivity index (χ3v) is 4.99. The second-order valence-electron chi connectivity index (χ2n) is 4.98. The Morgan fingerprint density at radius 2 is 2.10 bits per heavy atom. The summed E-state index contributed by atoms with van der Waals surface area (Å²) in [6, 6.07) is 9.35. The zero-order valence-electron chi connectivity index (χ0n) is 11.2. The molecule has 0 radical (unpaired) electrons. The second kappa shape index (κ2) is 5.44. The average molecular weight is 287 g/mol. The highest BCUT2D eigenvalue weighted by atomic mass is 32.2. The Hall–Kier alpha value is -1.56. The van der Waals surface area contributed by atoms with E-state index in [9.17, 15) is 4.55 Å². The first-order valence-corrected chi connectivity index (χ1v) is 7.72. The third-order valence-electron chi connectivity index (χ3n) is 3.50. The van der Waals surface area contributed by atoms with Crippen molar-refractivity contribution in [3.05, 3.63) is 54.4 Å². The number of fused-ring (bicyclic) bond motifs is 1. The number of aliphatic imine (C=N–C) groups is 1. The molecule has 20 heavy (non-hydrogen) atoms. The van der Waals surface area contributed by atoms with Crippen LogP contribution < -0.4 is 5.73 Å². The molecule has 0 aliphatic carbocycles. The molecule has 0 aromatic heterocycles. The Bertz CT molecular complexity index is 568. The van der Waals surface area contributed by atoms with Crippen LogP contribution in [0.2, 0.25) is 0 Å². The molecule has 0 bridgehead atoms. The minimum atomic E-state index is -1.26. The lowest BCUT2D eigenvalue weighted by atomic mass is 10.0. The molecule has 1 aromatic carbocycles. The minimum absolute atomic E-state index is 0.0366. The van der Waals surface area contributed by atoms with E-state index in [1.54, 1.807) is 6.20 Å². The van der Waals surface area contributed by atoms with Gasteiger partial charge in [0, 0.05) is 24.4 Å². The number of nitrogens with zero attached hydrogens (tertiary/aromatic N) is 2. The number of hydrogen-bond donors (Lipinski definition) is 1. The Labute approximate surface area is 122 Å². The summed E-state index contributed by atoms with van der Waals surface area (Å²) in [6.07, 6.45) is 7.70. The van der Waals surface area contributed by atoms with E-state index in [-0.39, 0.29) is 18.0 Å². The summed E-state index contributed by atoms with van der Waals surface area (Å²) >= 11 is -1.26. The summed E-state index contributed by atoms with van der Waals surface area (Å²) in [5.74, 6) is 0.147. The molecule has 0 saturated heterocycles. The van der Waals surface area contributed by atoms with Crippen molar-refractivity contribution in [2.45, 2.75) is 23.9 Å². The SMILES string of the molecule is C[C@@H](N)C1=CC2C=NC=CC2N1[S+]([O-])c1ccccc1. The fraction of sp³-hybridized carbons (Fsp3) is 0.267. The van der Waals surface area contributed by atoms with Gasteiger partial charge in [-0.1, -0.05) is 18.2 Å². The van der Waals surface area contributed by atoms with Gasteiger partial charge in [0.05, 0.1) is 5.70 Å². The van der Waals surface area contributed by atoms with Crippen LogP contribution in [-0.2, 0) is 11.4 Å². The summed E-state index contributed by atoms with van der Waals surface area (Å²) in [6.45, 7) is 1.92. The van der Waals surface area contributed by atoms with Crippen molar-refractivity contribution in [3.8, 4) is 0 Å². The zero-order chi connectivity index (χ0) is 14.1. The molecule has 2 aliphatic heterocycles. The van der Waals surface area contributed by atoms with Gasteiger partial charge in [0.15, 0.2) is 4.90 Å². The highest BCUT2D eigenvalue weighted by Crippen LogP contribution is 2.35. The van der Waals surface area contributed by atoms with E-state index >= 15 is 0 Å². The van der Waals surface area contributed by atoms with E-state index in [4.69, 9.17) is 5.73 Å². The number of nitrogens with two attached hydrogens (primary N) is 1. The molecule has 0 amide bonds. The summed E-state index contributed by atoms with van der Waals surface area (Å²) < 4.78 is 14.8. The van der Waals surface area contributed by atoms with Crippen molar-refractivity contribution >= 4 is 17.6 Å². The number of hydrogen-bond acceptors (Lipinski definition) is 4. The van der Waals surface area contributed by atoms with Crippen LogP contribution in [0.5, 0.6) is 0 Å². The fourth-order valence-corrected chi connectivity index (χ4v) is 4.00. The molecule has 104 valence electrons. The Morgan fingerprint density at radius 1 is 1.35 bits per heavy atom. The standard InChI is InChI=1S/C15H17N3OS/c1-11(16)15-9-12-10-17-8-7-14(12)18(15)20(19)13-5-3-2-4-6-13/h2-12,14H,16H2,1H3/t11-,12?,14?,20?/m1/s1. The first kappa shape index (κ1) is 13.4. The average Bonchev–Trinajstić information content (AvgIpc) is 2.87. The maximum Gasteiger partial charge on any atom is 0.180 e. The molecule has 2 N–H and O–H groups in total. The van der Waals surface area contributed by atoms with E-state index in [1.807, 2.05) is 53.9 Å². The van der Waals surface area contributed by atoms with Crippen molar-refractivity contribution in [2.75, 3.05) is 0 Å². The second-order valence-corrected chi connectivity index (χ2v) is 6.34. The largest absolute Gasteiger partial charge is 0.588 e. The van der Waals surface area contributed by atoms with E-state index in [2.05, 4.69) is 11.1 Å². The van der Waals surface area contributed by atoms with Crippen LogP contribution in [0.1, 0.15) is 6.92 Å². The molecule has 0 spiro atoms. The molecule has 4 nitrogen and oxygen atoms in total. The molecule has 2 heterocycles. The van der Waals surface area contributed by atoms with E-state index in [0.717, 1.165) is 10.6 Å². The Balaban J connectivity index is 1.95. The van der Waals surface area contributed by atoms with E-state index < -0.39 is 11.4 Å². The van der Waals surface area contributed by atoms with Gasteiger partial charge in [-0.3, -0.25) is 4.99 Å². The summed E-state index contributed by atoms with van der Waals surface area (Å²) in [7, 11) is 0. The molecule has 3 rings (SSSR count). The van der Waals surface area contributed by atoms with Gasteiger partial charge in [-0.25, -0.2) is 0 Å². The van der Waals surface area contributed by atoms with Gasteiger partial charge in [-0.05, 0) is 31.2 Å². The molecular weight excluding hydrogens is 270 g/mol. The van der Waals surface area contributed by atoms with Crippen LogP contribution in [0.3, 0.4) is 0 Å². The van der Waals surface area contributed by atoms with Crippen molar-refractivity contribution < 1.29 is 4.55 Å². The molecule has 4 atom stereocenters. The van der Waals surface area contributed by atoms with Gasteiger partial charge in [0.1, 0.15) is 17.4 Å². The van der Waals surface area contributed by atoms with Crippen LogP contribution in [0.25, 0.3) is 0 Å². The van der Waals surface area contributed by atoms with Crippen LogP contribution >= 0.6 is 0 Å². The summed E-state index contributed by atoms with van der Waals surface area (Å²) in [5.41, 5.74) is 6.96. The number of rotatable bonds is 3. The van der Waals surface area contributed by atoms with Crippen LogP contribution in [-0.4, -0.2) is 27.2 Å². The lowest BCUT2D eigenvalue weighted by Gasteiger charge is -2.31. The van der Waals surface area contributed by atoms with Crippen molar-refractivity contribution in [3.63, 3.8) is 0 Å². The molecule has 1 aromatic rings. The number of benzene rings is 1. The lowest BCUT2D eigenvalue weighted by molar-refractivity contribution is 0.416. The quantitative estimate of drug-likeness (QED) is 0.863. The van der Waals surface area contributed by atoms with Crippen LogP contribution in [0.15, 0.2) is 64.3 Å². The normalized spacial score (nSPS) is 27.1. The topological polar surface area (TPSA) is 64.7 Å². The van der Waals surface area contributed by atoms with Gasteiger partial charge >= 0.3 is 0 Å². The zero-order valence-corrected chi connectivity index (χ0v) is 12.0. The van der Waals surface area contributed by atoms with Crippen LogP contribution in [0, 0.1) is 5.92 Å². The fourth-order valence-electron chi connectivity index (χ4n) is 2.53. The van der Waals surface area contributed by atoms with Gasteiger partial charge in [-0.15, -0.1) is 0 Å². The van der Waals surface area contributed by atoms with Gasteiger partial charge < -0.3 is 10.3 Å².